The quantitative estimate of drug-likeness (QED) is 0.684. The molecule has 0 fully saturated rings. The van der Waals surface area contributed by atoms with Crippen molar-refractivity contribution in [1.82, 2.24) is 0 Å². The third-order valence-electron chi connectivity index (χ3n) is 3.93. The smallest absolute Gasteiger partial charge is 0.303 e. The molecule has 1 aromatic carbocycles. The Hall–Kier alpha value is -1.97. The number of rotatable bonds is 3. The lowest BCUT2D eigenvalue weighted by molar-refractivity contribution is -0.164. The second-order valence-corrected chi connectivity index (χ2v) is 6.06. The lowest BCUT2D eigenvalue weighted by atomic mass is 9.84. The van der Waals surface area contributed by atoms with Crippen molar-refractivity contribution in [2.75, 3.05) is 0 Å². The fraction of sp³-hybridized carbons (Fsp3) is 0.471. The molecule has 0 saturated carbocycles. The first-order valence-corrected chi connectivity index (χ1v) is 7.07. The third kappa shape index (κ3) is 3.04. The number of hydrogen-bond donors (Lipinski definition) is 1. The summed E-state index contributed by atoms with van der Waals surface area (Å²) in [5.74, 6) is 0.695. The molecule has 0 amide bonds. The van der Waals surface area contributed by atoms with Crippen LogP contribution in [0.15, 0.2) is 24.8 Å². The Morgan fingerprint density at radius 3 is 2.76 bits per heavy atom. The molecule has 0 aromatic heterocycles. The molecular weight excluding hydrogens is 268 g/mol. The van der Waals surface area contributed by atoms with Crippen LogP contribution in [0.5, 0.6) is 11.5 Å². The number of aromatic hydroxyl groups is 1. The molecule has 0 spiro atoms. The molecule has 114 valence electrons. The van der Waals surface area contributed by atoms with E-state index in [4.69, 9.17) is 9.47 Å². The van der Waals surface area contributed by atoms with Gasteiger partial charge in [0.15, 0.2) is 0 Å². The fourth-order valence-corrected chi connectivity index (χ4v) is 2.72. The molecule has 1 N–H and O–H groups in total. The van der Waals surface area contributed by atoms with Crippen LogP contribution < -0.4 is 4.74 Å². The number of allylic oxidation sites excluding steroid dienone is 1. The Kier molecular flexibility index (Phi) is 3.99. The standard InChI is InChI=1S/C17H22O4/c1-6-12-8-16(17(4,5)21-11(3)18)20-15-7-10(2)14(19)9-13(12)15/h6-7,9,12,16,19H,1,8H2,2-5H3. The second kappa shape index (κ2) is 5.43. The van der Waals surface area contributed by atoms with E-state index in [1.807, 2.05) is 32.9 Å². The van der Waals surface area contributed by atoms with Gasteiger partial charge >= 0.3 is 5.97 Å². The molecule has 2 rings (SSSR count). The van der Waals surface area contributed by atoms with Gasteiger partial charge in [0, 0.05) is 18.4 Å². The second-order valence-electron chi connectivity index (χ2n) is 6.06. The zero-order chi connectivity index (χ0) is 15.8. The summed E-state index contributed by atoms with van der Waals surface area (Å²) in [6, 6.07) is 3.54. The van der Waals surface area contributed by atoms with Gasteiger partial charge in [0.25, 0.3) is 0 Å². The summed E-state index contributed by atoms with van der Waals surface area (Å²) in [5, 5.41) is 9.87. The van der Waals surface area contributed by atoms with Gasteiger partial charge in [-0.3, -0.25) is 4.79 Å². The minimum atomic E-state index is -0.726. The van der Waals surface area contributed by atoms with Gasteiger partial charge in [-0.25, -0.2) is 0 Å². The number of phenols is 1. The van der Waals surface area contributed by atoms with Crippen LogP contribution in [0, 0.1) is 6.92 Å². The van der Waals surface area contributed by atoms with Gasteiger partial charge in [-0.05, 0) is 44.9 Å². The van der Waals surface area contributed by atoms with E-state index in [9.17, 15) is 9.90 Å². The van der Waals surface area contributed by atoms with E-state index in [0.717, 1.165) is 11.1 Å². The van der Waals surface area contributed by atoms with E-state index in [-0.39, 0.29) is 23.7 Å². The first-order chi connectivity index (χ1) is 9.74. The van der Waals surface area contributed by atoms with Gasteiger partial charge in [-0.15, -0.1) is 6.58 Å². The minimum Gasteiger partial charge on any atom is -0.508 e. The molecule has 1 heterocycles. The predicted octanol–water partition coefficient (Wildman–Crippen LogP) is 3.46. The number of benzene rings is 1. The SMILES string of the molecule is C=CC1CC(C(C)(C)OC(C)=O)Oc2cc(C)c(O)cc21. The number of hydrogen-bond acceptors (Lipinski definition) is 4. The summed E-state index contributed by atoms with van der Waals surface area (Å²) in [6.45, 7) is 10.8. The zero-order valence-corrected chi connectivity index (χ0v) is 13.0. The monoisotopic (exact) mass is 290 g/mol. The molecule has 0 saturated heterocycles. The molecule has 1 aliphatic rings. The van der Waals surface area contributed by atoms with E-state index in [1.165, 1.54) is 6.92 Å². The number of aryl methyl sites for hydroxylation is 1. The Bertz CT molecular complexity index is 574. The number of esters is 1. The van der Waals surface area contributed by atoms with Crippen molar-refractivity contribution in [2.24, 2.45) is 0 Å². The third-order valence-corrected chi connectivity index (χ3v) is 3.93. The summed E-state index contributed by atoms with van der Waals surface area (Å²) < 4.78 is 11.4. The molecule has 0 bridgehead atoms. The maximum absolute atomic E-state index is 11.3. The molecule has 2 unspecified atom stereocenters. The molecule has 0 aliphatic carbocycles. The summed E-state index contributed by atoms with van der Waals surface area (Å²) in [6.07, 6.45) is 2.23. The van der Waals surface area contributed by atoms with Crippen molar-refractivity contribution >= 4 is 5.97 Å². The highest BCUT2D eigenvalue weighted by atomic mass is 16.6. The van der Waals surface area contributed by atoms with Crippen LogP contribution in [0.1, 0.15) is 44.2 Å². The summed E-state index contributed by atoms with van der Waals surface area (Å²) in [5.41, 5.74) is 0.946. The molecule has 1 aliphatic heterocycles. The van der Waals surface area contributed by atoms with Crippen molar-refractivity contribution in [3.05, 3.63) is 35.9 Å². The van der Waals surface area contributed by atoms with Gasteiger partial charge in [0.05, 0.1) is 0 Å². The molecule has 0 radical (unpaired) electrons. The van der Waals surface area contributed by atoms with Crippen molar-refractivity contribution in [3.8, 4) is 11.5 Å². The number of ether oxygens (including phenoxy) is 2. The lowest BCUT2D eigenvalue weighted by Crippen LogP contribution is -2.46. The molecule has 4 nitrogen and oxygen atoms in total. The van der Waals surface area contributed by atoms with Crippen molar-refractivity contribution in [3.63, 3.8) is 0 Å². The molecule has 2 atom stereocenters. The van der Waals surface area contributed by atoms with Gasteiger partial charge in [0.2, 0.25) is 0 Å². The fourth-order valence-electron chi connectivity index (χ4n) is 2.72. The summed E-state index contributed by atoms with van der Waals surface area (Å²) >= 11 is 0. The summed E-state index contributed by atoms with van der Waals surface area (Å²) in [7, 11) is 0. The van der Waals surface area contributed by atoms with E-state index in [2.05, 4.69) is 6.58 Å². The Morgan fingerprint density at radius 1 is 1.52 bits per heavy atom. The largest absolute Gasteiger partial charge is 0.508 e. The van der Waals surface area contributed by atoms with Gasteiger partial charge in [-0.1, -0.05) is 6.08 Å². The van der Waals surface area contributed by atoms with E-state index < -0.39 is 5.60 Å². The van der Waals surface area contributed by atoms with Crippen LogP contribution in [-0.2, 0) is 9.53 Å². The Balaban J connectivity index is 2.37. The zero-order valence-electron chi connectivity index (χ0n) is 13.0. The highest BCUT2D eigenvalue weighted by Gasteiger charge is 2.40. The lowest BCUT2D eigenvalue weighted by Gasteiger charge is -2.39. The Labute approximate surface area is 125 Å². The Morgan fingerprint density at radius 2 is 2.19 bits per heavy atom. The topological polar surface area (TPSA) is 55.8 Å². The number of phenolic OH excluding ortho intramolecular Hbond substituents is 1. The minimum absolute atomic E-state index is 0.0556. The van der Waals surface area contributed by atoms with Crippen LogP contribution in [0.25, 0.3) is 0 Å². The molecule has 1 aromatic rings. The molecular formula is C17H22O4. The van der Waals surface area contributed by atoms with Crippen molar-refractivity contribution in [1.29, 1.82) is 0 Å². The van der Waals surface area contributed by atoms with Crippen LogP contribution in [0.4, 0.5) is 0 Å². The van der Waals surface area contributed by atoms with E-state index in [0.29, 0.717) is 12.2 Å². The highest BCUT2D eigenvalue weighted by molar-refractivity contribution is 5.66. The van der Waals surface area contributed by atoms with Gasteiger partial charge < -0.3 is 14.6 Å². The molecule has 21 heavy (non-hydrogen) atoms. The van der Waals surface area contributed by atoms with E-state index in [1.54, 1.807) is 6.07 Å². The average Bonchev–Trinajstić information content (AvgIpc) is 2.37. The first kappa shape index (κ1) is 15.4. The van der Waals surface area contributed by atoms with E-state index >= 15 is 0 Å². The first-order valence-electron chi connectivity index (χ1n) is 7.07. The average molecular weight is 290 g/mol. The van der Waals surface area contributed by atoms with Gasteiger partial charge in [0.1, 0.15) is 23.2 Å². The van der Waals surface area contributed by atoms with Crippen LogP contribution >= 0.6 is 0 Å². The predicted molar refractivity (Wildman–Crippen MR) is 80.7 cm³/mol. The number of fused-ring (bicyclic) bond motifs is 1. The summed E-state index contributed by atoms with van der Waals surface area (Å²) in [4.78, 5) is 11.3. The van der Waals surface area contributed by atoms with Crippen LogP contribution in [-0.4, -0.2) is 22.8 Å². The maximum Gasteiger partial charge on any atom is 0.303 e. The van der Waals surface area contributed by atoms with Crippen LogP contribution in [0.3, 0.4) is 0 Å². The number of carbonyl (C=O) groups excluding carboxylic acids is 1. The highest BCUT2D eigenvalue weighted by Crippen LogP contribution is 2.43. The van der Waals surface area contributed by atoms with Crippen molar-refractivity contribution < 1.29 is 19.4 Å². The number of carbonyl (C=O) groups is 1. The van der Waals surface area contributed by atoms with Gasteiger partial charge in [-0.2, -0.15) is 0 Å². The normalized spacial score (nSPS) is 21.1. The van der Waals surface area contributed by atoms with Crippen molar-refractivity contribution in [2.45, 2.75) is 51.7 Å². The molecule has 4 heteroatoms. The maximum atomic E-state index is 11.3. The van der Waals surface area contributed by atoms with Crippen LogP contribution in [0.2, 0.25) is 0 Å².